The van der Waals surface area contributed by atoms with Gasteiger partial charge in [-0.25, -0.2) is 0 Å². The monoisotopic (exact) mass is 192 g/mol. The minimum absolute atomic E-state index is 0.128. The van der Waals surface area contributed by atoms with E-state index in [4.69, 9.17) is 21.1 Å². The Bertz CT molecular complexity index is 119. The Labute approximate surface area is 79.2 Å². The van der Waals surface area contributed by atoms with Crippen molar-refractivity contribution < 1.29 is 9.47 Å². The van der Waals surface area contributed by atoms with Crippen LogP contribution in [0.25, 0.3) is 0 Å². The summed E-state index contributed by atoms with van der Waals surface area (Å²) in [4.78, 5) is 0. The molecule has 0 spiro atoms. The summed E-state index contributed by atoms with van der Waals surface area (Å²) in [6.45, 7) is 2.58. The number of alkyl halides is 1. The van der Waals surface area contributed by atoms with Gasteiger partial charge >= 0.3 is 0 Å². The summed E-state index contributed by atoms with van der Waals surface area (Å²) in [7, 11) is 0. The molecule has 1 rings (SSSR count). The first-order chi connectivity index (χ1) is 5.84. The molecule has 2 atom stereocenters. The third kappa shape index (κ3) is 3.30. The van der Waals surface area contributed by atoms with Crippen molar-refractivity contribution >= 4 is 11.6 Å². The molecule has 1 heterocycles. The van der Waals surface area contributed by atoms with Crippen molar-refractivity contribution in [3.63, 3.8) is 0 Å². The van der Waals surface area contributed by atoms with Crippen LogP contribution in [0.4, 0.5) is 0 Å². The number of hydrogen-bond acceptors (Lipinski definition) is 2. The molecule has 2 unspecified atom stereocenters. The lowest BCUT2D eigenvalue weighted by Crippen LogP contribution is -2.16. The number of rotatable bonds is 5. The standard InChI is InChI=1S/C9H17ClO2/c1-2-3-4-5-6-8-9(10)12-7-11-8/h8-9H,2-7H2,1H3. The maximum absolute atomic E-state index is 5.84. The lowest BCUT2D eigenvalue weighted by atomic mass is 10.1. The Morgan fingerprint density at radius 3 is 2.67 bits per heavy atom. The molecule has 0 aliphatic carbocycles. The fourth-order valence-electron chi connectivity index (χ4n) is 1.36. The summed E-state index contributed by atoms with van der Waals surface area (Å²) < 4.78 is 10.4. The van der Waals surface area contributed by atoms with Crippen molar-refractivity contribution in [2.24, 2.45) is 0 Å². The zero-order valence-corrected chi connectivity index (χ0v) is 8.35. The third-order valence-electron chi connectivity index (χ3n) is 2.14. The zero-order valence-electron chi connectivity index (χ0n) is 7.59. The van der Waals surface area contributed by atoms with Crippen LogP contribution in [-0.4, -0.2) is 18.5 Å². The minimum atomic E-state index is -0.216. The minimum Gasteiger partial charge on any atom is -0.348 e. The van der Waals surface area contributed by atoms with Crippen molar-refractivity contribution in [2.45, 2.75) is 50.7 Å². The molecule has 1 aliphatic rings. The maximum atomic E-state index is 5.84. The highest BCUT2D eigenvalue weighted by Gasteiger charge is 2.26. The van der Waals surface area contributed by atoms with Crippen LogP contribution >= 0.6 is 11.6 Å². The molecule has 0 radical (unpaired) electrons. The van der Waals surface area contributed by atoms with Gasteiger partial charge in [0, 0.05) is 0 Å². The third-order valence-corrected chi connectivity index (χ3v) is 2.55. The van der Waals surface area contributed by atoms with Gasteiger partial charge in [0.1, 0.15) is 12.9 Å². The summed E-state index contributed by atoms with van der Waals surface area (Å²) in [5.41, 5.74) is -0.216. The van der Waals surface area contributed by atoms with Gasteiger partial charge in [0.2, 0.25) is 0 Å². The molecule has 1 aliphatic heterocycles. The Balaban J connectivity index is 1.98. The van der Waals surface area contributed by atoms with E-state index in [9.17, 15) is 0 Å². The fraction of sp³-hybridized carbons (Fsp3) is 1.00. The topological polar surface area (TPSA) is 18.5 Å². The molecule has 0 aromatic heterocycles. The number of ether oxygens (including phenoxy) is 2. The van der Waals surface area contributed by atoms with E-state index in [0.29, 0.717) is 6.79 Å². The van der Waals surface area contributed by atoms with Gasteiger partial charge in [-0.05, 0) is 6.42 Å². The summed E-state index contributed by atoms with van der Waals surface area (Å²) in [5, 5.41) is 0. The molecular formula is C9H17ClO2. The smallest absolute Gasteiger partial charge is 0.160 e. The van der Waals surface area contributed by atoms with E-state index in [1.54, 1.807) is 0 Å². The van der Waals surface area contributed by atoms with Crippen molar-refractivity contribution in [1.82, 2.24) is 0 Å². The van der Waals surface area contributed by atoms with Crippen LogP contribution in [0.15, 0.2) is 0 Å². The number of hydrogen-bond donors (Lipinski definition) is 0. The summed E-state index contributed by atoms with van der Waals surface area (Å²) >= 11 is 5.84. The Morgan fingerprint density at radius 1 is 1.25 bits per heavy atom. The Hall–Kier alpha value is 0.210. The first-order valence-electron chi connectivity index (χ1n) is 4.72. The summed E-state index contributed by atoms with van der Waals surface area (Å²) in [6.07, 6.45) is 6.22. The molecule has 1 fully saturated rings. The van der Waals surface area contributed by atoms with E-state index >= 15 is 0 Å². The quantitative estimate of drug-likeness (QED) is 0.493. The molecule has 2 nitrogen and oxygen atoms in total. The van der Waals surface area contributed by atoms with Crippen LogP contribution in [0.2, 0.25) is 0 Å². The van der Waals surface area contributed by atoms with Crippen LogP contribution in [0.1, 0.15) is 39.0 Å². The Morgan fingerprint density at radius 2 is 2.08 bits per heavy atom. The summed E-state index contributed by atoms with van der Waals surface area (Å²) in [5.74, 6) is 0. The molecule has 0 aromatic rings. The van der Waals surface area contributed by atoms with Crippen LogP contribution < -0.4 is 0 Å². The van der Waals surface area contributed by atoms with Gasteiger partial charge in [-0.15, -0.1) is 0 Å². The highest BCUT2D eigenvalue weighted by Crippen LogP contribution is 2.21. The van der Waals surface area contributed by atoms with Crippen LogP contribution in [0.5, 0.6) is 0 Å². The highest BCUT2D eigenvalue weighted by atomic mass is 35.5. The van der Waals surface area contributed by atoms with Gasteiger partial charge < -0.3 is 9.47 Å². The van der Waals surface area contributed by atoms with Crippen LogP contribution in [-0.2, 0) is 9.47 Å². The van der Waals surface area contributed by atoms with Crippen molar-refractivity contribution in [3.05, 3.63) is 0 Å². The predicted molar refractivity (Wildman–Crippen MR) is 49.2 cm³/mol. The number of halogens is 1. The number of unbranched alkanes of at least 4 members (excludes halogenated alkanes) is 3. The van der Waals surface area contributed by atoms with Gasteiger partial charge in [-0.1, -0.05) is 44.2 Å². The van der Waals surface area contributed by atoms with Crippen LogP contribution in [0, 0.1) is 0 Å². The molecule has 1 saturated heterocycles. The van der Waals surface area contributed by atoms with E-state index in [-0.39, 0.29) is 11.7 Å². The normalized spacial score (nSPS) is 29.5. The van der Waals surface area contributed by atoms with E-state index in [2.05, 4.69) is 6.92 Å². The molecule has 72 valence electrons. The van der Waals surface area contributed by atoms with Crippen LogP contribution in [0.3, 0.4) is 0 Å². The molecular weight excluding hydrogens is 176 g/mol. The average molecular weight is 193 g/mol. The first-order valence-corrected chi connectivity index (χ1v) is 5.15. The van der Waals surface area contributed by atoms with E-state index in [1.165, 1.54) is 25.7 Å². The summed E-state index contributed by atoms with van der Waals surface area (Å²) in [6, 6.07) is 0. The fourth-order valence-corrected chi connectivity index (χ4v) is 1.61. The van der Waals surface area contributed by atoms with Gasteiger partial charge in [0.05, 0.1) is 0 Å². The van der Waals surface area contributed by atoms with Crippen molar-refractivity contribution in [3.8, 4) is 0 Å². The van der Waals surface area contributed by atoms with Crippen molar-refractivity contribution in [2.75, 3.05) is 6.79 Å². The molecule has 12 heavy (non-hydrogen) atoms. The van der Waals surface area contributed by atoms with Gasteiger partial charge in [0.15, 0.2) is 5.56 Å². The lowest BCUT2D eigenvalue weighted by Gasteiger charge is -2.09. The maximum Gasteiger partial charge on any atom is 0.160 e. The van der Waals surface area contributed by atoms with E-state index in [1.807, 2.05) is 0 Å². The van der Waals surface area contributed by atoms with Crippen molar-refractivity contribution in [1.29, 1.82) is 0 Å². The lowest BCUT2D eigenvalue weighted by molar-refractivity contribution is 0.0425. The SMILES string of the molecule is CCCCCCC1OCOC1Cl. The molecule has 3 heteroatoms. The molecule has 0 aromatic carbocycles. The van der Waals surface area contributed by atoms with Gasteiger partial charge in [-0.2, -0.15) is 0 Å². The van der Waals surface area contributed by atoms with Gasteiger partial charge in [0.25, 0.3) is 0 Å². The second kappa shape index (κ2) is 5.79. The second-order valence-electron chi connectivity index (χ2n) is 3.19. The van der Waals surface area contributed by atoms with E-state index in [0.717, 1.165) is 6.42 Å². The van der Waals surface area contributed by atoms with E-state index < -0.39 is 0 Å². The molecule has 0 bridgehead atoms. The average Bonchev–Trinajstić information content (AvgIpc) is 2.46. The first kappa shape index (κ1) is 10.3. The predicted octanol–water partition coefficient (Wildman–Crippen LogP) is 2.89. The zero-order chi connectivity index (χ0) is 8.81. The largest absolute Gasteiger partial charge is 0.348 e. The molecule has 0 saturated carbocycles. The highest BCUT2D eigenvalue weighted by molar-refractivity contribution is 6.20. The Kier molecular flexibility index (Phi) is 4.96. The van der Waals surface area contributed by atoms with Gasteiger partial charge in [-0.3, -0.25) is 0 Å². The molecule has 0 amide bonds. The molecule has 0 N–H and O–H groups in total. The second-order valence-corrected chi connectivity index (χ2v) is 3.62.